The Hall–Kier alpha value is -3.39. The number of likely N-dealkylation sites (tertiary alicyclic amines) is 2. The molecule has 0 saturated carbocycles. The van der Waals surface area contributed by atoms with E-state index in [-0.39, 0.29) is 24.2 Å². The smallest absolute Gasteiger partial charge is 0.247 e. The Morgan fingerprint density at radius 3 is 2.58 bits per heavy atom. The number of benzene rings is 1. The van der Waals surface area contributed by atoms with E-state index in [1.165, 1.54) is 18.7 Å². The average Bonchev–Trinajstić information content (AvgIpc) is 3.50. The molecule has 1 aromatic carbocycles. The Morgan fingerprint density at radius 2 is 1.89 bits per heavy atom. The van der Waals surface area contributed by atoms with Crippen LogP contribution in [-0.2, 0) is 19.4 Å². The number of hydrogen-bond acceptors (Lipinski definition) is 7. The summed E-state index contributed by atoms with van der Waals surface area (Å²) in [7, 11) is -3.93. The summed E-state index contributed by atoms with van der Waals surface area (Å²) in [5, 5.41) is 11.4. The van der Waals surface area contributed by atoms with Crippen molar-refractivity contribution in [3.63, 3.8) is 0 Å². The van der Waals surface area contributed by atoms with Gasteiger partial charge in [0, 0.05) is 30.7 Å². The summed E-state index contributed by atoms with van der Waals surface area (Å²) in [4.78, 5) is 34.2. The number of anilines is 1. The number of nitrogens with one attached hydrogen (secondary N) is 1. The second-order valence-electron chi connectivity index (χ2n) is 10.3. The minimum atomic E-state index is -3.93. The Bertz CT molecular complexity index is 1370. The molecule has 1 aromatic heterocycles. The van der Waals surface area contributed by atoms with Crippen LogP contribution < -0.4 is 5.32 Å². The summed E-state index contributed by atoms with van der Waals surface area (Å²) in [5.41, 5.74) is 1.20. The fourth-order valence-corrected chi connectivity index (χ4v) is 6.01. The molecule has 204 valence electrons. The zero-order chi connectivity index (χ0) is 27.4. The Morgan fingerprint density at radius 1 is 1.18 bits per heavy atom. The van der Waals surface area contributed by atoms with E-state index in [1.54, 1.807) is 23.1 Å². The summed E-state index contributed by atoms with van der Waals surface area (Å²) in [6, 6.07) is 8.11. The van der Waals surface area contributed by atoms with Gasteiger partial charge in [0.2, 0.25) is 17.1 Å². The molecule has 0 spiro atoms. The first-order valence-electron chi connectivity index (χ1n) is 13.1. The van der Waals surface area contributed by atoms with Gasteiger partial charge < -0.3 is 19.5 Å². The maximum atomic E-state index is 13.5. The van der Waals surface area contributed by atoms with Gasteiger partial charge in [-0.3, -0.25) is 14.6 Å². The van der Waals surface area contributed by atoms with E-state index in [1.807, 2.05) is 19.1 Å². The van der Waals surface area contributed by atoms with E-state index < -0.39 is 26.4 Å². The molecule has 4 rings (SSSR count). The fourth-order valence-electron chi connectivity index (χ4n) is 4.89. The SMILES string of the molecule is Cc1cc2cc(NC(=N[C@H]3CCCCN(CC(=O)N4CCCC4)C3=O)C(C#N)S(=O)(=O)C(C)C)ccc2o1. The highest BCUT2D eigenvalue weighted by Crippen LogP contribution is 2.25. The molecule has 2 aromatic rings. The number of furan rings is 1. The van der Waals surface area contributed by atoms with Crippen molar-refractivity contribution in [2.24, 2.45) is 4.99 Å². The van der Waals surface area contributed by atoms with Crippen molar-refractivity contribution in [1.82, 2.24) is 9.80 Å². The molecular weight excluding hydrogens is 506 g/mol. The van der Waals surface area contributed by atoms with Crippen molar-refractivity contribution in [3.05, 3.63) is 30.0 Å². The van der Waals surface area contributed by atoms with Gasteiger partial charge in [-0.1, -0.05) is 0 Å². The summed E-state index contributed by atoms with van der Waals surface area (Å²) >= 11 is 0. The van der Waals surface area contributed by atoms with E-state index in [9.17, 15) is 23.3 Å². The number of fused-ring (bicyclic) bond motifs is 1. The minimum Gasteiger partial charge on any atom is -0.461 e. The van der Waals surface area contributed by atoms with Gasteiger partial charge in [-0.25, -0.2) is 8.42 Å². The van der Waals surface area contributed by atoms with Crippen LogP contribution in [0.15, 0.2) is 33.7 Å². The van der Waals surface area contributed by atoms with E-state index in [0.717, 1.165) is 30.4 Å². The largest absolute Gasteiger partial charge is 0.461 e. The third-order valence-electron chi connectivity index (χ3n) is 7.10. The van der Waals surface area contributed by atoms with Crippen molar-refractivity contribution in [3.8, 4) is 6.07 Å². The number of sulfone groups is 1. The molecule has 3 heterocycles. The normalized spacial score (nSPS) is 20.0. The minimum absolute atomic E-state index is 0.0178. The van der Waals surface area contributed by atoms with Crippen molar-refractivity contribution in [2.45, 2.75) is 69.4 Å². The molecular formula is C27H35N5O5S. The molecule has 0 radical (unpaired) electrons. The van der Waals surface area contributed by atoms with Crippen LogP contribution in [0.4, 0.5) is 5.69 Å². The predicted molar refractivity (Wildman–Crippen MR) is 145 cm³/mol. The predicted octanol–water partition coefficient (Wildman–Crippen LogP) is 3.27. The Balaban J connectivity index is 1.67. The van der Waals surface area contributed by atoms with Crippen LogP contribution >= 0.6 is 0 Å². The molecule has 11 heteroatoms. The van der Waals surface area contributed by atoms with Crippen LogP contribution in [0.1, 0.15) is 51.7 Å². The summed E-state index contributed by atoms with van der Waals surface area (Å²) in [6.07, 6.45) is 3.74. The molecule has 1 N–H and O–H groups in total. The van der Waals surface area contributed by atoms with Gasteiger partial charge in [-0.15, -0.1) is 0 Å². The molecule has 10 nitrogen and oxygen atoms in total. The standard InChI is InChI=1S/C27H35N5O5S/c1-18(2)38(35,36)24(16-28)26(29-21-9-10-23-20(15-21)14-19(3)37-23)30-22-8-4-5-13-32(27(22)34)17-25(33)31-11-6-7-12-31/h9-10,14-15,18,22,24H,4-8,11-13,17H2,1-3H3,(H,29,30)/t22-,24?/m0/s1. The first-order valence-corrected chi connectivity index (χ1v) is 14.7. The average molecular weight is 542 g/mol. The van der Waals surface area contributed by atoms with Crippen molar-refractivity contribution < 1.29 is 22.4 Å². The van der Waals surface area contributed by atoms with Crippen molar-refractivity contribution in [1.29, 1.82) is 5.26 Å². The molecule has 1 unspecified atom stereocenters. The molecule has 2 aliphatic heterocycles. The Kier molecular flexibility index (Phi) is 8.41. The first kappa shape index (κ1) is 27.6. The van der Waals surface area contributed by atoms with Gasteiger partial charge in [0.1, 0.15) is 23.2 Å². The maximum absolute atomic E-state index is 13.5. The van der Waals surface area contributed by atoms with E-state index in [4.69, 9.17) is 4.42 Å². The summed E-state index contributed by atoms with van der Waals surface area (Å²) < 4.78 is 31.9. The van der Waals surface area contributed by atoms with Gasteiger partial charge >= 0.3 is 0 Å². The quantitative estimate of drug-likeness (QED) is 0.420. The zero-order valence-electron chi connectivity index (χ0n) is 22.1. The lowest BCUT2D eigenvalue weighted by atomic mass is 10.1. The Labute approximate surface area is 223 Å². The van der Waals surface area contributed by atoms with Crippen LogP contribution in [0.2, 0.25) is 0 Å². The van der Waals surface area contributed by atoms with Crippen LogP contribution in [0.5, 0.6) is 0 Å². The monoisotopic (exact) mass is 541 g/mol. The number of rotatable bonds is 7. The number of carbonyl (C=O) groups excluding carboxylic acids is 2. The lowest BCUT2D eigenvalue weighted by Gasteiger charge is -2.26. The molecule has 2 fully saturated rings. The van der Waals surface area contributed by atoms with Crippen LogP contribution in [0.25, 0.3) is 11.0 Å². The van der Waals surface area contributed by atoms with Crippen LogP contribution in [0, 0.1) is 18.3 Å². The molecule has 2 saturated heterocycles. The van der Waals surface area contributed by atoms with Gasteiger partial charge in [0.05, 0.1) is 17.9 Å². The fraction of sp³-hybridized carbons (Fsp3) is 0.556. The van der Waals surface area contributed by atoms with Gasteiger partial charge in [-0.2, -0.15) is 5.26 Å². The van der Waals surface area contributed by atoms with E-state index in [0.29, 0.717) is 43.7 Å². The highest BCUT2D eigenvalue weighted by molar-refractivity contribution is 7.93. The number of nitriles is 1. The number of amides is 2. The second kappa shape index (κ2) is 11.6. The summed E-state index contributed by atoms with van der Waals surface area (Å²) in [5.74, 6) is 0.233. The maximum Gasteiger partial charge on any atom is 0.247 e. The van der Waals surface area contributed by atoms with E-state index in [2.05, 4.69) is 10.3 Å². The molecule has 38 heavy (non-hydrogen) atoms. The third-order valence-corrected chi connectivity index (χ3v) is 9.40. The molecule has 2 aliphatic rings. The lowest BCUT2D eigenvalue weighted by Crippen LogP contribution is -2.45. The van der Waals surface area contributed by atoms with Crippen LogP contribution in [0.3, 0.4) is 0 Å². The highest BCUT2D eigenvalue weighted by atomic mass is 32.2. The molecule has 2 amide bonds. The van der Waals surface area contributed by atoms with E-state index >= 15 is 0 Å². The van der Waals surface area contributed by atoms with Gasteiger partial charge in [0.15, 0.2) is 9.84 Å². The number of carbonyl (C=O) groups is 2. The zero-order valence-corrected chi connectivity index (χ0v) is 23.0. The summed E-state index contributed by atoms with van der Waals surface area (Å²) in [6.45, 7) is 6.69. The molecule has 0 bridgehead atoms. The molecule has 2 atom stereocenters. The number of aryl methyl sites for hydroxylation is 1. The lowest BCUT2D eigenvalue weighted by molar-refractivity contribution is -0.140. The second-order valence-corrected chi connectivity index (χ2v) is 12.8. The number of nitrogens with zero attached hydrogens (tertiary/aromatic N) is 4. The number of amidine groups is 1. The van der Waals surface area contributed by atoms with Crippen LogP contribution in [-0.4, -0.2) is 78.6 Å². The van der Waals surface area contributed by atoms with Gasteiger partial charge in [-0.05, 0) is 77.1 Å². The van der Waals surface area contributed by atoms with Crippen molar-refractivity contribution >= 4 is 44.1 Å². The van der Waals surface area contributed by atoms with Gasteiger partial charge in [0.25, 0.3) is 0 Å². The topological polar surface area (TPSA) is 136 Å². The number of hydrogen-bond donors (Lipinski definition) is 1. The highest BCUT2D eigenvalue weighted by Gasteiger charge is 2.36. The molecule has 0 aliphatic carbocycles. The van der Waals surface area contributed by atoms with Crippen molar-refractivity contribution in [2.75, 3.05) is 31.5 Å². The third kappa shape index (κ3) is 6.01. The first-order chi connectivity index (χ1) is 18.1. The number of aliphatic imine (C=N–C) groups is 1.